The van der Waals surface area contributed by atoms with E-state index >= 15 is 0 Å². The molecule has 1 saturated carbocycles. The third-order valence-corrected chi connectivity index (χ3v) is 4.24. The van der Waals surface area contributed by atoms with E-state index in [-0.39, 0.29) is 35.9 Å². The highest BCUT2D eigenvalue weighted by atomic mass is 16.5. The molecular formula is C16H26N2O4. The monoisotopic (exact) mass is 310 g/mol. The van der Waals surface area contributed by atoms with Crippen LogP contribution in [0.2, 0.25) is 0 Å². The summed E-state index contributed by atoms with van der Waals surface area (Å²) in [5, 5.41) is 2.82. The predicted molar refractivity (Wildman–Crippen MR) is 81.4 cm³/mol. The number of amides is 1. The van der Waals surface area contributed by atoms with Crippen LogP contribution < -0.4 is 5.32 Å². The molecule has 2 rings (SSSR count). The van der Waals surface area contributed by atoms with Gasteiger partial charge in [0.2, 0.25) is 5.91 Å². The second-order valence-corrected chi connectivity index (χ2v) is 7.21. The van der Waals surface area contributed by atoms with E-state index in [1.165, 1.54) is 0 Å². The molecule has 22 heavy (non-hydrogen) atoms. The van der Waals surface area contributed by atoms with E-state index in [4.69, 9.17) is 4.74 Å². The van der Waals surface area contributed by atoms with Gasteiger partial charge in [-0.15, -0.1) is 0 Å². The lowest BCUT2D eigenvalue weighted by atomic mass is 9.71. The van der Waals surface area contributed by atoms with E-state index in [1.807, 2.05) is 20.8 Å². The van der Waals surface area contributed by atoms with Crippen LogP contribution in [0, 0.1) is 11.3 Å². The van der Waals surface area contributed by atoms with Crippen molar-refractivity contribution in [2.75, 3.05) is 32.8 Å². The molecule has 0 spiro atoms. The van der Waals surface area contributed by atoms with Crippen molar-refractivity contribution in [3.05, 3.63) is 0 Å². The lowest BCUT2D eigenvalue weighted by molar-refractivity contribution is -0.146. The highest BCUT2D eigenvalue weighted by Crippen LogP contribution is 2.33. The summed E-state index contributed by atoms with van der Waals surface area (Å²) in [6.07, 6.45) is 0.573. The summed E-state index contributed by atoms with van der Waals surface area (Å²) in [4.78, 5) is 38.7. The molecule has 1 aliphatic carbocycles. The van der Waals surface area contributed by atoms with Crippen molar-refractivity contribution in [2.45, 2.75) is 39.7 Å². The van der Waals surface area contributed by atoms with Crippen molar-refractivity contribution < 1.29 is 19.1 Å². The summed E-state index contributed by atoms with van der Waals surface area (Å²) >= 11 is 0. The van der Waals surface area contributed by atoms with E-state index in [2.05, 4.69) is 10.2 Å². The highest BCUT2D eigenvalue weighted by Gasteiger charge is 2.43. The SMILES string of the molecule is C[C@@H](CN1CCOCC1)NC(=O)C1C(=O)CC(C)(C)CC1=O. The Balaban J connectivity index is 1.88. The Hall–Kier alpha value is -1.27. The number of ether oxygens (including phenoxy) is 1. The molecule has 6 heteroatoms. The Kier molecular flexibility index (Phi) is 5.34. The van der Waals surface area contributed by atoms with Crippen LogP contribution in [0.1, 0.15) is 33.6 Å². The molecule has 1 amide bonds. The van der Waals surface area contributed by atoms with E-state index in [0.717, 1.165) is 13.1 Å². The van der Waals surface area contributed by atoms with Gasteiger partial charge < -0.3 is 10.1 Å². The Morgan fingerprint density at radius 3 is 2.36 bits per heavy atom. The minimum atomic E-state index is -1.11. The first-order valence-corrected chi connectivity index (χ1v) is 7.94. The van der Waals surface area contributed by atoms with E-state index in [0.29, 0.717) is 19.8 Å². The largest absolute Gasteiger partial charge is 0.379 e. The predicted octanol–water partition coefficient (Wildman–Crippen LogP) is 0.398. The maximum absolute atomic E-state index is 12.3. The zero-order chi connectivity index (χ0) is 16.3. The van der Waals surface area contributed by atoms with Crippen molar-refractivity contribution in [3.8, 4) is 0 Å². The van der Waals surface area contributed by atoms with Gasteiger partial charge in [-0.2, -0.15) is 0 Å². The first kappa shape index (κ1) is 17.1. The number of morpholine rings is 1. The van der Waals surface area contributed by atoms with Gasteiger partial charge in [-0.05, 0) is 12.3 Å². The van der Waals surface area contributed by atoms with Gasteiger partial charge >= 0.3 is 0 Å². The number of ketones is 2. The maximum Gasteiger partial charge on any atom is 0.238 e. The summed E-state index contributed by atoms with van der Waals surface area (Å²) in [6.45, 7) is 9.47. The number of nitrogens with one attached hydrogen (secondary N) is 1. The number of nitrogens with zero attached hydrogens (tertiary/aromatic N) is 1. The first-order chi connectivity index (χ1) is 10.3. The molecule has 124 valence electrons. The van der Waals surface area contributed by atoms with Crippen molar-refractivity contribution >= 4 is 17.5 Å². The number of carbonyl (C=O) groups excluding carboxylic acids is 3. The van der Waals surface area contributed by atoms with Crippen molar-refractivity contribution in [2.24, 2.45) is 11.3 Å². The quantitative estimate of drug-likeness (QED) is 0.761. The lowest BCUT2D eigenvalue weighted by Gasteiger charge is -2.33. The minimum absolute atomic E-state index is 0.0962. The van der Waals surface area contributed by atoms with E-state index in [1.54, 1.807) is 0 Å². The van der Waals surface area contributed by atoms with Gasteiger partial charge in [0, 0.05) is 38.5 Å². The first-order valence-electron chi connectivity index (χ1n) is 7.94. The van der Waals surface area contributed by atoms with Gasteiger partial charge in [0.25, 0.3) is 0 Å². The molecule has 1 aliphatic heterocycles. The van der Waals surface area contributed by atoms with Gasteiger partial charge in [-0.25, -0.2) is 0 Å². The molecule has 2 aliphatic rings. The fourth-order valence-corrected chi connectivity index (χ4v) is 3.22. The molecule has 0 radical (unpaired) electrons. The zero-order valence-corrected chi connectivity index (χ0v) is 13.7. The number of Topliss-reactive ketones (excluding diaryl/α,β-unsaturated/α-hetero) is 2. The van der Waals surface area contributed by atoms with Gasteiger partial charge in [-0.1, -0.05) is 13.8 Å². The van der Waals surface area contributed by atoms with Crippen LogP contribution in [0.15, 0.2) is 0 Å². The fraction of sp³-hybridized carbons (Fsp3) is 0.812. The normalized spacial score (nSPS) is 25.0. The van der Waals surface area contributed by atoms with E-state index in [9.17, 15) is 14.4 Å². The third-order valence-electron chi connectivity index (χ3n) is 4.24. The van der Waals surface area contributed by atoms with Gasteiger partial charge in [0.1, 0.15) is 0 Å². The Bertz CT molecular complexity index is 435. The molecule has 1 N–H and O–H groups in total. The van der Waals surface area contributed by atoms with Gasteiger partial charge in [-0.3, -0.25) is 19.3 Å². The molecule has 0 aromatic carbocycles. The third kappa shape index (κ3) is 4.36. The molecule has 0 aromatic rings. The van der Waals surface area contributed by atoms with Crippen LogP contribution in [-0.2, 0) is 19.1 Å². The summed E-state index contributed by atoms with van der Waals surface area (Å²) < 4.78 is 5.29. The smallest absolute Gasteiger partial charge is 0.238 e. The van der Waals surface area contributed by atoms with Crippen LogP contribution in [0.4, 0.5) is 0 Å². The van der Waals surface area contributed by atoms with Crippen LogP contribution >= 0.6 is 0 Å². The van der Waals surface area contributed by atoms with Crippen molar-refractivity contribution in [3.63, 3.8) is 0 Å². The van der Waals surface area contributed by atoms with Crippen molar-refractivity contribution in [1.29, 1.82) is 0 Å². The number of hydrogen-bond acceptors (Lipinski definition) is 5. The number of carbonyl (C=O) groups is 3. The van der Waals surface area contributed by atoms with Gasteiger partial charge in [0.15, 0.2) is 17.5 Å². The lowest BCUT2D eigenvalue weighted by Crippen LogP contribution is -2.51. The zero-order valence-electron chi connectivity index (χ0n) is 13.7. The number of hydrogen-bond donors (Lipinski definition) is 1. The van der Waals surface area contributed by atoms with Crippen LogP contribution in [0.5, 0.6) is 0 Å². The Morgan fingerprint density at radius 1 is 1.27 bits per heavy atom. The standard InChI is InChI=1S/C16H26N2O4/c1-11(10-18-4-6-22-7-5-18)17-15(21)14-12(19)8-16(2,3)9-13(14)20/h11,14H,4-10H2,1-3H3,(H,17,21)/t11-/m0/s1. The van der Waals surface area contributed by atoms with Gasteiger partial charge in [0.05, 0.1) is 13.2 Å². The molecular weight excluding hydrogens is 284 g/mol. The molecule has 0 bridgehead atoms. The second kappa shape index (κ2) is 6.87. The van der Waals surface area contributed by atoms with Crippen LogP contribution in [-0.4, -0.2) is 61.3 Å². The summed E-state index contributed by atoms with van der Waals surface area (Å²) in [7, 11) is 0. The van der Waals surface area contributed by atoms with Crippen LogP contribution in [0.25, 0.3) is 0 Å². The summed E-state index contributed by atoms with van der Waals surface area (Å²) in [5.74, 6) is -2.05. The van der Waals surface area contributed by atoms with E-state index < -0.39 is 11.8 Å². The molecule has 1 atom stereocenters. The average molecular weight is 310 g/mol. The summed E-state index contributed by atoms with van der Waals surface area (Å²) in [5.41, 5.74) is -0.329. The molecule has 6 nitrogen and oxygen atoms in total. The second-order valence-electron chi connectivity index (χ2n) is 7.21. The Labute approximate surface area is 131 Å². The molecule has 0 unspecified atom stereocenters. The average Bonchev–Trinajstić information content (AvgIpc) is 2.36. The topological polar surface area (TPSA) is 75.7 Å². The fourth-order valence-electron chi connectivity index (χ4n) is 3.22. The Morgan fingerprint density at radius 2 is 1.82 bits per heavy atom. The maximum atomic E-state index is 12.3. The molecule has 2 fully saturated rings. The highest BCUT2D eigenvalue weighted by molar-refractivity contribution is 6.20. The minimum Gasteiger partial charge on any atom is -0.379 e. The van der Waals surface area contributed by atoms with Crippen molar-refractivity contribution in [1.82, 2.24) is 10.2 Å². The number of rotatable bonds is 4. The molecule has 1 heterocycles. The van der Waals surface area contributed by atoms with Crippen LogP contribution in [0.3, 0.4) is 0 Å². The molecule has 1 saturated heterocycles. The molecule has 0 aromatic heterocycles. The summed E-state index contributed by atoms with van der Waals surface area (Å²) in [6, 6.07) is -0.0962.